The molecule has 1 amide bonds. The fourth-order valence-electron chi connectivity index (χ4n) is 0.832. The number of aliphatic hydroxyl groups excluding tert-OH is 1. The van der Waals surface area contributed by atoms with Gasteiger partial charge in [0.15, 0.2) is 0 Å². The van der Waals surface area contributed by atoms with E-state index < -0.39 is 24.5 Å². The van der Waals surface area contributed by atoms with Crippen molar-refractivity contribution in [2.75, 3.05) is 12.3 Å². The molecule has 1 unspecified atom stereocenters. The highest BCUT2D eigenvalue weighted by atomic mass is 32.1. The number of allylic oxidation sites excluding steroid dienone is 1. The Bertz CT molecular complexity index is 267. The zero-order chi connectivity index (χ0) is 15.1. The van der Waals surface area contributed by atoms with E-state index in [1.165, 1.54) is 18.9 Å². The molecule has 112 valence electrons. The van der Waals surface area contributed by atoms with Crippen LogP contribution in [0.4, 0.5) is 0 Å². The van der Waals surface area contributed by atoms with Crippen LogP contribution in [-0.2, 0) is 9.59 Å². The number of carbonyl (C=O) groups is 2. The summed E-state index contributed by atoms with van der Waals surface area (Å²) in [6.07, 6.45) is 5.57. The van der Waals surface area contributed by atoms with Crippen molar-refractivity contribution in [3.63, 3.8) is 0 Å². The van der Waals surface area contributed by atoms with Gasteiger partial charge >= 0.3 is 5.97 Å². The number of nitrogens with one attached hydrogen (secondary N) is 1. The number of carbonyl (C=O) groups excluding carboxylic acids is 1. The van der Waals surface area contributed by atoms with Gasteiger partial charge in [0, 0.05) is 0 Å². The summed E-state index contributed by atoms with van der Waals surface area (Å²) in [5.41, 5.74) is 0. The van der Waals surface area contributed by atoms with Crippen LogP contribution in [0, 0.1) is 0 Å². The van der Waals surface area contributed by atoms with E-state index in [1.807, 2.05) is 0 Å². The normalized spacial score (nSPS) is 11.6. The van der Waals surface area contributed by atoms with Gasteiger partial charge in [-0.2, -0.15) is 12.6 Å². The summed E-state index contributed by atoms with van der Waals surface area (Å²) in [4.78, 5) is 21.1. The van der Waals surface area contributed by atoms with Gasteiger partial charge in [0.1, 0.15) is 6.54 Å². The maximum Gasteiger partial charge on any atom is 0.322 e. The van der Waals surface area contributed by atoms with E-state index in [1.54, 1.807) is 6.08 Å². The molecule has 0 aromatic carbocycles. The zero-order valence-electron chi connectivity index (χ0n) is 11.6. The minimum Gasteiger partial charge on any atom is -0.480 e. The van der Waals surface area contributed by atoms with Crippen LogP contribution in [0.1, 0.15) is 39.5 Å². The number of carboxylic acids is 1. The van der Waals surface area contributed by atoms with Crippen LogP contribution < -0.4 is 5.32 Å². The second-order valence-corrected chi connectivity index (χ2v) is 4.33. The van der Waals surface area contributed by atoms with Gasteiger partial charge in [-0.25, -0.2) is 0 Å². The molecule has 0 heterocycles. The van der Waals surface area contributed by atoms with E-state index in [9.17, 15) is 14.7 Å². The SMILES string of the molecule is CCCC.O=C(O)CNC(=O)CC(O)/C=C/CCS. The quantitative estimate of drug-likeness (QED) is 0.404. The standard InChI is InChI=1S/C9H15NO4S.C4H10/c11-7(3-1-2-4-15)5-8(12)10-6-9(13)14;1-3-4-2/h1,3,7,11,15H,2,4-6H2,(H,10,12)(H,13,14);3-4H2,1-2H3/b3-1+;. The number of thiol groups is 1. The second-order valence-electron chi connectivity index (χ2n) is 3.88. The van der Waals surface area contributed by atoms with Crippen LogP contribution in [0.25, 0.3) is 0 Å². The fourth-order valence-corrected chi connectivity index (χ4v) is 0.981. The predicted molar refractivity (Wildman–Crippen MR) is 79.5 cm³/mol. The molecule has 1 atom stereocenters. The minimum absolute atomic E-state index is 0.129. The maximum atomic E-state index is 11.0. The molecule has 0 bridgehead atoms. The predicted octanol–water partition coefficient (Wildman–Crippen LogP) is 1.62. The number of aliphatic carboxylic acids is 1. The topological polar surface area (TPSA) is 86.6 Å². The maximum absolute atomic E-state index is 11.0. The molecule has 0 aliphatic carbocycles. The van der Waals surface area contributed by atoms with Crippen molar-refractivity contribution in [1.29, 1.82) is 0 Å². The average molecular weight is 291 g/mol. The zero-order valence-corrected chi connectivity index (χ0v) is 12.5. The molecule has 0 spiro atoms. The van der Waals surface area contributed by atoms with Gasteiger partial charge in [-0.3, -0.25) is 9.59 Å². The van der Waals surface area contributed by atoms with Crippen LogP contribution in [0.2, 0.25) is 0 Å². The number of hydrogen-bond acceptors (Lipinski definition) is 4. The first-order valence-electron chi connectivity index (χ1n) is 6.41. The van der Waals surface area contributed by atoms with Crippen molar-refractivity contribution in [3.8, 4) is 0 Å². The van der Waals surface area contributed by atoms with E-state index in [0.29, 0.717) is 5.75 Å². The Kier molecular flexibility index (Phi) is 16.1. The molecular weight excluding hydrogens is 266 g/mol. The highest BCUT2D eigenvalue weighted by Gasteiger charge is 2.08. The molecule has 5 nitrogen and oxygen atoms in total. The summed E-state index contributed by atoms with van der Waals surface area (Å²) in [5, 5.41) is 19.7. The van der Waals surface area contributed by atoms with Crippen molar-refractivity contribution in [1.82, 2.24) is 5.32 Å². The van der Waals surface area contributed by atoms with E-state index >= 15 is 0 Å². The summed E-state index contributed by atoms with van der Waals surface area (Å²) < 4.78 is 0. The lowest BCUT2D eigenvalue weighted by Gasteiger charge is -2.05. The summed E-state index contributed by atoms with van der Waals surface area (Å²) in [6.45, 7) is 3.94. The lowest BCUT2D eigenvalue weighted by Crippen LogP contribution is -2.31. The molecule has 0 aliphatic heterocycles. The number of unbranched alkanes of at least 4 members (excludes halogenated alkanes) is 1. The van der Waals surface area contributed by atoms with Crippen LogP contribution in [-0.4, -0.2) is 40.5 Å². The number of aliphatic hydroxyl groups is 1. The summed E-state index contributed by atoms with van der Waals surface area (Å²) in [5.74, 6) is -0.919. The van der Waals surface area contributed by atoms with Crippen molar-refractivity contribution < 1.29 is 19.8 Å². The smallest absolute Gasteiger partial charge is 0.322 e. The van der Waals surface area contributed by atoms with Gasteiger partial charge in [-0.1, -0.05) is 38.8 Å². The molecule has 0 aromatic heterocycles. The lowest BCUT2D eigenvalue weighted by molar-refractivity contribution is -0.138. The van der Waals surface area contributed by atoms with Crippen molar-refractivity contribution in [2.24, 2.45) is 0 Å². The van der Waals surface area contributed by atoms with Crippen LogP contribution in [0.15, 0.2) is 12.2 Å². The molecule has 0 saturated carbocycles. The number of hydrogen-bond donors (Lipinski definition) is 4. The van der Waals surface area contributed by atoms with E-state index in [4.69, 9.17) is 5.11 Å². The number of amides is 1. The molecule has 0 saturated heterocycles. The Hall–Kier alpha value is -1.01. The molecular formula is C13H25NO4S. The molecule has 6 heteroatoms. The van der Waals surface area contributed by atoms with Crippen molar-refractivity contribution in [2.45, 2.75) is 45.6 Å². The first kappa shape index (κ1) is 20.3. The Balaban J connectivity index is 0. The Morgan fingerprint density at radius 2 is 1.89 bits per heavy atom. The first-order chi connectivity index (χ1) is 8.97. The van der Waals surface area contributed by atoms with Gasteiger partial charge in [-0.15, -0.1) is 0 Å². The number of rotatable bonds is 8. The van der Waals surface area contributed by atoms with Crippen molar-refractivity contribution in [3.05, 3.63) is 12.2 Å². The summed E-state index contributed by atoms with van der Waals surface area (Å²) in [6, 6.07) is 0. The summed E-state index contributed by atoms with van der Waals surface area (Å²) >= 11 is 3.97. The third-order valence-electron chi connectivity index (χ3n) is 1.99. The fraction of sp³-hybridized carbons (Fsp3) is 0.692. The van der Waals surface area contributed by atoms with Gasteiger partial charge in [-0.05, 0) is 12.2 Å². The van der Waals surface area contributed by atoms with Gasteiger partial charge < -0.3 is 15.5 Å². The Morgan fingerprint density at radius 3 is 2.32 bits per heavy atom. The molecule has 3 N–H and O–H groups in total. The molecule has 0 aromatic rings. The monoisotopic (exact) mass is 291 g/mol. The molecule has 0 radical (unpaired) electrons. The summed E-state index contributed by atoms with van der Waals surface area (Å²) in [7, 11) is 0. The van der Waals surface area contributed by atoms with E-state index in [0.717, 1.165) is 6.42 Å². The van der Waals surface area contributed by atoms with Crippen LogP contribution in [0.3, 0.4) is 0 Å². The van der Waals surface area contributed by atoms with Crippen LogP contribution in [0.5, 0.6) is 0 Å². The van der Waals surface area contributed by atoms with Crippen LogP contribution >= 0.6 is 12.6 Å². The molecule has 0 fully saturated rings. The lowest BCUT2D eigenvalue weighted by atomic mass is 10.2. The Morgan fingerprint density at radius 1 is 1.32 bits per heavy atom. The van der Waals surface area contributed by atoms with Gasteiger partial charge in [0.2, 0.25) is 5.91 Å². The van der Waals surface area contributed by atoms with Gasteiger partial charge in [0.05, 0.1) is 12.5 Å². The molecule has 0 aliphatic rings. The van der Waals surface area contributed by atoms with E-state index in [-0.39, 0.29) is 6.42 Å². The average Bonchev–Trinajstić information content (AvgIpc) is 2.37. The minimum atomic E-state index is -1.11. The third kappa shape index (κ3) is 19.5. The second kappa shape index (κ2) is 15.0. The van der Waals surface area contributed by atoms with E-state index in [2.05, 4.69) is 31.8 Å². The highest BCUT2D eigenvalue weighted by Crippen LogP contribution is 1.96. The van der Waals surface area contributed by atoms with Crippen molar-refractivity contribution >= 4 is 24.5 Å². The third-order valence-corrected chi connectivity index (χ3v) is 2.24. The highest BCUT2D eigenvalue weighted by molar-refractivity contribution is 7.80. The molecule has 0 rings (SSSR count). The Labute approximate surface area is 120 Å². The van der Waals surface area contributed by atoms with Gasteiger partial charge in [0.25, 0.3) is 0 Å². The first-order valence-corrected chi connectivity index (χ1v) is 7.05. The number of carboxylic acid groups (broad SMARTS) is 1. The largest absolute Gasteiger partial charge is 0.480 e. The molecule has 19 heavy (non-hydrogen) atoms.